The van der Waals surface area contributed by atoms with E-state index < -0.39 is 0 Å². The largest absolute Gasteiger partial charge is 0.378 e. The molecule has 4 saturated heterocycles. The number of urea groups is 1. The van der Waals surface area contributed by atoms with E-state index in [1.165, 1.54) is 0 Å². The van der Waals surface area contributed by atoms with E-state index in [0.717, 1.165) is 37.6 Å². The number of likely N-dealkylation sites (N-methyl/N-ethyl adjacent to an activating group) is 2. The minimum absolute atomic E-state index is 0. The molecular formula is C40H64Cl2N10O6. The van der Waals surface area contributed by atoms with Gasteiger partial charge in [-0.15, -0.1) is 12.4 Å². The summed E-state index contributed by atoms with van der Waals surface area (Å²) in [5, 5.41) is 9.41. The zero-order chi connectivity index (χ0) is 41.8. The number of halogens is 2. The summed E-state index contributed by atoms with van der Waals surface area (Å²) in [7, 11) is 3.76. The van der Waals surface area contributed by atoms with Crippen LogP contribution in [0.4, 0.5) is 21.2 Å². The van der Waals surface area contributed by atoms with E-state index in [1.54, 1.807) is 28.3 Å². The number of hydrogen-bond donors (Lipinski definition) is 3. The van der Waals surface area contributed by atoms with Gasteiger partial charge in [0.1, 0.15) is 11.6 Å². The quantitative estimate of drug-likeness (QED) is 0.272. The van der Waals surface area contributed by atoms with Crippen molar-refractivity contribution < 1.29 is 28.7 Å². The lowest BCUT2D eigenvalue weighted by molar-refractivity contribution is 0.0421. The highest BCUT2D eigenvalue weighted by molar-refractivity contribution is 6.62. The minimum atomic E-state index is -0.377. The van der Waals surface area contributed by atoms with Crippen LogP contribution >= 0.6 is 24.0 Å². The standard InChI is InChI=1S/C20H31N5O3.C15H24N4O.C5H8ClNO2.ClH/c1-20(2,3)22-17-6-5-15(13-21-17)18(26)25-8-7-16(14-25)23(4)19(27)24-9-11-28-12-10-24;1-15(2,3)18-13-6-5-11(9-17-13)14(20)19-8-7-12(10-19)16-4;6-5(8)7-1-3-9-4-2-7;/h5-6,13,16H,7-12,14H2,1-4H3,(H,21,22);5-6,9,12,16H,7-8,10H2,1-4H3,(H,17,18);1-4H2;1H/t16-;12-;;/m00../s1. The average molecular weight is 852 g/mol. The molecule has 5 amide bonds. The lowest BCUT2D eigenvalue weighted by atomic mass is 10.1. The molecule has 58 heavy (non-hydrogen) atoms. The van der Waals surface area contributed by atoms with Crippen LogP contribution in [0.25, 0.3) is 0 Å². The molecule has 324 valence electrons. The zero-order valence-corrected chi connectivity index (χ0v) is 37.0. The van der Waals surface area contributed by atoms with Crippen molar-refractivity contribution in [3.05, 3.63) is 47.8 Å². The van der Waals surface area contributed by atoms with Gasteiger partial charge in [-0.3, -0.25) is 14.4 Å². The second-order valence-electron chi connectivity index (χ2n) is 16.7. The number of carbonyl (C=O) groups is 4. The molecule has 4 aliphatic heterocycles. The fourth-order valence-corrected chi connectivity index (χ4v) is 6.79. The Kier molecular flexibility index (Phi) is 18.7. The maximum atomic E-state index is 12.8. The van der Waals surface area contributed by atoms with Gasteiger partial charge in [-0.25, -0.2) is 14.8 Å². The van der Waals surface area contributed by atoms with Crippen LogP contribution in [0, 0.1) is 0 Å². The third-order valence-electron chi connectivity index (χ3n) is 9.75. The van der Waals surface area contributed by atoms with E-state index in [4.69, 9.17) is 21.1 Å². The molecular weight excluding hydrogens is 787 g/mol. The third kappa shape index (κ3) is 15.3. The highest BCUT2D eigenvalue weighted by atomic mass is 35.5. The van der Waals surface area contributed by atoms with Crippen molar-refractivity contribution in [1.29, 1.82) is 0 Å². The topological polar surface area (TPSA) is 165 Å². The van der Waals surface area contributed by atoms with Crippen molar-refractivity contribution in [2.45, 2.75) is 77.5 Å². The predicted octanol–water partition coefficient (Wildman–Crippen LogP) is 4.72. The van der Waals surface area contributed by atoms with Crippen molar-refractivity contribution in [2.75, 3.05) is 104 Å². The number of nitrogens with zero attached hydrogens (tertiary/aromatic N) is 7. The summed E-state index contributed by atoms with van der Waals surface area (Å²) in [6.45, 7) is 20.1. The number of aromatic nitrogens is 2. The van der Waals surface area contributed by atoms with E-state index in [0.29, 0.717) is 82.9 Å². The second-order valence-corrected chi connectivity index (χ2v) is 17.0. The predicted molar refractivity (Wildman–Crippen MR) is 229 cm³/mol. The van der Waals surface area contributed by atoms with Gasteiger partial charge in [-0.2, -0.15) is 0 Å². The molecule has 2 aromatic rings. The first-order chi connectivity index (χ1) is 26.9. The third-order valence-corrected chi connectivity index (χ3v) is 9.99. The number of hydrogen-bond acceptors (Lipinski definition) is 11. The summed E-state index contributed by atoms with van der Waals surface area (Å²) in [6.07, 6.45) is 5.07. The second kappa shape index (κ2) is 22.4. The van der Waals surface area contributed by atoms with Crippen LogP contribution in [-0.2, 0) is 9.47 Å². The normalized spacial score (nSPS) is 19.5. The number of anilines is 2. The van der Waals surface area contributed by atoms with Gasteiger partial charge < -0.3 is 49.9 Å². The van der Waals surface area contributed by atoms with Gasteiger partial charge in [0.15, 0.2) is 0 Å². The molecule has 2 atom stereocenters. The number of nitrogens with one attached hydrogen (secondary N) is 3. The Morgan fingerprint density at radius 3 is 1.52 bits per heavy atom. The summed E-state index contributed by atoms with van der Waals surface area (Å²) in [5.74, 6) is 1.57. The Hall–Kier alpha value is -3.96. The lowest BCUT2D eigenvalue weighted by Crippen LogP contribution is -2.50. The van der Waals surface area contributed by atoms with E-state index in [-0.39, 0.29) is 52.7 Å². The number of carbonyl (C=O) groups excluding carboxylic acids is 4. The summed E-state index contributed by atoms with van der Waals surface area (Å²) >= 11 is 5.19. The van der Waals surface area contributed by atoms with Gasteiger partial charge in [0.05, 0.1) is 43.6 Å². The molecule has 3 N–H and O–H groups in total. The molecule has 6 heterocycles. The average Bonchev–Trinajstić information content (AvgIpc) is 3.89. The van der Waals surface area contributed by atoms with Crippen molar-refractivity contribution in [1.82, 2.24) is 39.8 Å². The summed E-state index contributed by atoms with van der Waals surface area (Å²) in [6, 6.07) is 7.81. The molecule has 18 heteroatoms. The molecule has 0 spiro atoms. The maximum Gasteiger partial charge on any atom is 0.320 e. The fourth-order valence-electron chi connectivity index (χ4n) is 6.62. The number of pyridine rings is 2. The molecule has 0 saturated carbocycles. The van der Waals surface area contributed by atoms with Gasteiger partial charge in [0, 0.05) is 88.9 Å². The van der Waals surface area contributed by atoms with Gasteiger partial charge in [-0.05, 0) is 97.3 Å². The number of likely N-dealkylation sites (tertiary alicyclic amines) is 2. The Bertz CT molecular complexity index is 1610. The molecule has 6 rings (SSSR count). The van der Waals surface area contributed by atoms with Crippen LogP contribution in [0.15, 0.2) is 36.7 Å². The van der Waals surface area contributed by atoms with Crippen LogP contribution in [0.2, 0.25) is 0 Å². The van der Waals surface area contributed by atoms with Crippen LogP contribution in [0.3, 0.4) is 0 Å². The van der Waals surface area contributed by atoms with Gasteiger partial charge in [0.2, 0.25) is 0 Å². The zero-order valence-electron chi connectivity index (χ0n) is 35.4. The van der Waals surface area contributed by atoms with E-state index >= 15 is 0 Å². The first-order valence-corrected chi connectivity index (χ1v) is 20.2. The number of ether oxygens (including phenoxy) is 2. The Morgan fingerprint density at radius 2 is 1.14 bits per heavy atom. The Balaban J connectivity index is 0.000000260. The Labute approximate surface area is 355 Å². The monoisotopic (exact) mass is 850 g/mol. The van der Waals surface area contributed by atoms with Crippen LogP contribution in [0.1, 0.15) is 75.1 Å². The smallest absolute Gasteiger partial charge is 0.320 e. The number of morpholine rings is 2. The van der Waals surface area contributed by atoms with Gasteiger partial charge in [0.25, 0.3) is 11.8 Å². The molecule has 0 aliphatic carbocycles. The molecule has 0 radical (unpaired) electrons. The fraction of sp³-hybridized carbons (Fsp3) is 0.650. The molecule has 4 aliphatic rings. The van der Waals surface area contributed by atoms with Crippen LogP contribution in [-0.4, -0.2) is 174 Å². The van der Waals surface area contributed by atoms with Crippen molar-refractivity contribution in [2.24, 2.45) is 0 Å². The van der Waals surface area contributed by atoms with E-state index in [2.05, 4.69) is 67.5 Å². The first-order valence-electron chi connectivity index (χ1n) is 19.8. The van der Waals surface area contributed by atoms with Crippen LogP contribution in [0.5, 0.6) is 0 Å². The molecule has 0 aromatic carbocycles. The molecule has 4 fully saturated rings. The van der Waals surface area contributed by atoms with Crippen molar-refractivity contribution in [3.8, 4) is 0 Å². The number of amides is 5. The first kappa shape index (κ1) is 48.4. The Morgan fingerprint density at radius 1 is 0.690 bits per heavy atom. The van der Waals surface area contributed by atoms with Gasteiger partial charge in [-0.1, -0.05) is 0 Å². The molecule has 2 aromatic heterocycles. The van der Waals surface area contributed by atoms with Crippen molar-refractivity contribution >= 4 is 58.9 Å². The molecule has 0 unspecified atom stereocenters. The number of rotatable bonds is 6. The van der Waals surface area contributed by atoms with E-state index in [1.807, 2.05) is 47.0 Å². The van der Waals surface area contributed by atoms with E-state index in [9.17, 15) is 19.2 Å². The van der Waals surface area contributed by atoms with Crippen LogP contribution < -0.4 is 16.0 Å². The summed E-state index contributed by atoms with van der Waals surface area (Å²) < 4.78 is 10.3. The molecule has 0 bridgehead atoms. The highest BCUT2D eigenvalue weighted by Crippen LogP contribution is 2.20. The van der Waals surface area contributed by atoms with Gasteiger partial charge >= 0.3 is 11.4 Å². The SMILES string of the molecule is CN(C(=O)N1CCOCC1)[C@H]1CCN(C(=O)c2ccc(NC(C)(C)C)nc2)C1.CN[C@H]1CCN(C(=O)c2ccc(NC(C)(C)C)nc2)C1.Cl.O=C(Cl)N1CCOCC1. The van der Waals surface area contributed by atoms with Crippen molar-refractivity contribution in [3.63, 3.8) is 0 Å². The highest BCUT2D eigenvalue weighted by Gasteiger charge is 2.34. The molecule has 16 nitrogen and oxygen atoms in total. The maximum absolute atomic E-state index is 12.8. The minimum Gasteiger partial charge on any atom is -0.378 e. The lowest BCUT2D eigenvalue weighted by Gasteiger charge is -2.33. The summed E-state index contributed by atoms with van der Waals surface area (Å²) in [5.41, 5.74) is 1.11. The summed E-state index contributed by atoms with van der Waals surface area (Å²) in [4.78, 5) is 65.8.